The predicted molar refractivity (Wildman–Crippen MR) is 49.4 cm³/mol. The summed E-state index contributed by atoms with van der Waals surface area (Å²) in [6.45, 7) is 5.06. The van der Waals surface area contributed by atoms with E-state index in [2.05, 4.69) is 12.7 Å². The average Bonchev–Trinajstić information content (AvgIpc) is 2.76. The molecular formula is C11H14O2. The first-order valence-corrected chi connectivity index (χ1v) is 4.95. The normalized spacial score (nSPS) is 44.5. The Labute approximate surface area is 78.2 Å². The minimum Gasteiger partial charge on any atom is -0.373 e. The summed E-state index contributed by atoms with van der Waals surface area (Å²) < 4.78 is 11.0. The molecule has 0 spiro atoms. The molecule has 0 aromatic rings. The summed E-state index contributed by atoms with van der Waals surface area (Å²) >= 11 is 0. The molecule has 0 N–H and O–H groups in total. The van der Waals surface area contributed by atoms with Crippen molar-refractivity contribution in [2.45, 2.75) is 18.6 Å². The number of hydrogen-bond acceptors (Lipinski definition) is 2. The van der Waals surface area contributed by atoms with Crippen molar-refractivity contribution in [2.75, 3.05) is 13.2 Å². The number of ether oxygens (including phenoxy) is 2. The smallest absolute Gasteiger partial charge is 0.0914 e. The molecule has 2 nitrogen and oxygen atoms in total. The molecule has 4 unspecified atom stereocenters. The zero-order valence-electron chi connectivity index (χ0n) is 7.61. The lowest BCUT2D eigenvalue weighted by Crippen LogP contribution is -2.12. The SMILES string of the molecule is C=CCOCC1=CC2CC1C1OC21. The maximum absolute atomic E-state index is 5.55. The summed E-state index contributed by atoms with van der Waals surface area (Å²) in [4.78, 5) is 0. The van der Waals surface area contributed by atoms with E-state index in [1.165, 1.54) is 12.0 Å². The molecule has 70 valence electrons. The van der Waals surface area contributed by atoms with E-state index in [1.54, 1.807) is 6.08 Å². The number of epoxide rings is 1. The Balaban J connectivity index is 1.61. The van der Waals surface area contributed by atoms with Crippen molar-refractivity contribution in [3.8, 4) is 0 Å². The van der Waals surface area contributed by atoms with Gasteiger partial charge in [0, 0.05) is 11.8 Å². The number of rotatable bonds is 4. The first-order chi connectivity index (χ1) is 6.40. The van der Waals surface area contributed by atoms with Crippen LogP contribution in [0.25, 0.3) is 0 Å². The fraction of sp³-hybridized carbons (Fsp3) is 0.636. The van der Waals surface area contributed by atoms with Crippen molar-refractivity contribution in [3.05, 3.63) is 24.3 Å². The molecule has 0 aromatic carbocycles. The Kier molecular flexibility index (Phi) is 1.61. The molecule has 1 aliphatic heterocycles. The second kappa shape index (κ2) is 2.69. The van der Waals surface area contributed by atoms with Crippen LogP contribution in [0, 0.1) is 11.8 Å². The molecule has 1 saturated carbocycles. The molecule has 2 aliphatic carbocycles. The van der Waals surface area contributed by atoms with Gasteiger partial charge in [0.2, 0.25) is 0 Å². The second-order valence-electron chi connectivity index (χ2n) is 4.12. The topological polar surface area (TPSA) is 21.8 Å². The molecule has 2 heteroatoms. The molecule has 2 fully saturated rings. The van der Waals surface area contributed by atoms with Gasteiger partial charge in [0.15, 0.2) is 0 Å². The number of hydrogen-bond donors (Lipinski definition) is 0. The van der Waals surface area contributed by atoms with E-state index in [-0.39, 0.29) is 0 Å². The van der Waals surface area contributed by atoms with E-state index >= 15 is 0 Å². The molecular weight excluding hydrogens is 164 g/mol. The molecule has 4 atom stereocenters. The minimum atomic E-state index is 0.553. The fourth-order valence-corrected chi connectivity index (χ4v) is 2.70. The summed E-state index contributed by atoms with van der Waals surface area (Å²) in [5.41, 5.74) is 1.46. The van der Waals surface area contributed by atoms with Crippen LogP contribution in [0.1, 0.15) is 6.42 Å². The van der Waals surface area contributed by atoms with Gasteiger partial charge in [0.1, 0.15) is 0 Å². The lowest BCUT2D eigenvalue weighted by atomic mass is 9.99. The van der Waals surface area contributed by atoms with Crippen molar-refractivity contribution in [3.63, 3.8) is 0 Å². The lowest BCUT2D eigenvalue weighted by Gasteiger charge is -2.10. The molecule has 3 aliphatic rings. The number of fused-ring (bicyclic) bond motifs is 5. The molecule has 3 rings (SSSR count). The van der Waals surface area contributed by atoms with Crippen molar-refractivity contribution in [2.24, 2.45) is 11.8 Å². The van der Waals surface area contributed by atoms with Crippen LogP contribution in [0.15, 0.2) is 24.3 Å². The van der Waals surface area contributed by atoms with Gasteiger partial charge in [-0.1, -0.05) is 12.2 Å². The molecule has 1 heterocycles. The summed E-state index contributed by atoms with van der Waals surface area (Å²) in [7, 11) is 0. The first-order valence-electron chi connectivity index (χ1n) is 4.95. The highest BCUT2D eigenvalue weighted by Gasteiger charge is 2.59. The van der Waals surface area contributed by atoms with Crippen LogP contribution in [0.3, 0.4) is 0 Å². The van der Waals surface area contributed by atoms with Crippen molar-refractivity contribution in [1.29, 1.82) is 0 Å². The van der Waals surface area contributed by atoms with E-state index in [4.69, 9.17) is 9.47 Å². The standard InChI is InChI=1S/C11H14O2/c1-2-3-12-6-8-4-7-5-9(8)11-10(7)13-11/h2,4,7,9-11H,1,3,5-6H2. The van der Waals surface area contributed by atoms with Gasteiger partial charge in [0.25, 0.3) is 0 Å². The van der Waals surface area contributed by atoms with Crippen molar-refractivity contribution < 1.29 is 9.47 Å². The summed E-state index contributed by atoms with van der Waals surface area (Å²) in [5.74, 6) is 1.39. The Morgan fingerprint density at radius 1 is 1.62 bits per heavy atom. The van der Waals surface area contributed by atoms with Crippen LogP contribution in [0.4, 0.5) is 0 Å². The Bertz CT molecular complexity index is 269. The van der Waals surface area contributed by atoms with Crippen LogP contribution in [0.2, 0.25) is 0 Å². The van der Waals surface area contributed by atoms with Crippen LogP contribution in [0.5, 0.6) is 0 Å². The third-order valence-electron chi connectivity index (χ3n) is 3.31. The maximum Gasteiger partial charge on any atom is 0.0914 e. The van der Waals surface area contributed by atoms with Crippen molar-refractivity contribution in [1.82, 2.24) is 0 Å². The highest BCUT2D eigenvalue weighted by molar-refractivity contribution is 5.30. The fourth-order valence-electron chi connectivity index (χ4n) is 2.70. The molecule has 0 aromatic heterocycles. The van der Waals surface area contributed by atoms with Gasteiger partial charge in [-0.3, -0.25) is 0 Å². The molecule has 2 bridgehead atoms. The van der Waals surface area contributed by atoms with Crippen LogP contribution >= 0.6 is 0 Å². The van der Waals surface area contributed by atoms with Gasteiger partial charge in [-0.2, -0.15) is 0 Å². The molecule has 0 amide bonds. The van der Waals surface area contributed by atoms with Gasteiger partial charge in [-0.25, -0.2) is 0 Å². The Hall–Kier alpha value is -0.600. The highest BCUT2D eigenvalue weighted by Crippen LogP contribution is 2.55. The van der Waals surface area contributed by atoms with Gasteiger partial charge in [-0.15, -0.1) is 6.58 Å². The average molecular weight is 178 g/mol. The molecule has 0 radical (unpaired) electrons. The minimum absolute atomic E-state index is 0.553. The summed E-state index contributed by atoms with van der Waals surface area (Å²) in [6, 6.07) is 0. The van der Waals surface area contributed by atoms with E-state index in [0.717, 1.165) is 6.61 Å². The van der Waals surface area contributed by atoms with Crippen molar-refractivity contribution >= 4 is 0 Å². The zero-order valence-corrected chi connectivity index (χ0v) is 7.61. The van der Waals surface area contributed by atoms with Gasteiger partial charge in [0.05, 0.1) is 25.4 Å². The maximum atomic E-state index is 5.55. The van der Waals surface area contributed by atoms with Gasteiger partial charge < -0.3 is 9.47 Å². The second-order valence-corrected chi connectivity index (χ2v) is 4.12. The van der Waals surface area contributed by atoms with E-state index < -0.39 is 0 Å². The van der Waals surface area contributed by atoms with Gasteiger partial charge >= 0.3 is 0 Å². The zero-order chi connectivity index (χ0) is 8.84. The van der Waals surface area contributed by atoms with Crippen LogP contribution in [-0.2, 0) is 9.47 Å². The van der Waals surface area contributed by atoms with E-state index in [9.17, 15) is 0 Å². The van der Waals surface area contributed by atoms with Crippen LogP contribution in [-0.4, -0.2) is 25.4 Å². The highest BCUT2D eigenvalue weighted by atomic mass is 16.6. The molecule has 13 heavy (non-hydrogen) atoms. The van der Waals surface area contributed by atoms with E-state index in [1.807, 2.05) is 0 Å². The first kappa shape index (κ1) is 7.77. The molecule has 1 saturated heterocycles. The van der Waals surface area contributed by atoms with E-state index in [0.29, 0.717) is 30.7 Å². The monoisotopic (exact) mass is 178 g/mol. The van der Waals surface area contributed by atoms with Gasteiger partial charge in [-0.05, 0) is 12.0 Å². The largest absolute Gasteiger partial charge is 0.373 e. The third-order valence-corrected chi connectivity index (χ3v) is 3.31. The predicted octanol–water partition coefficient (Wildman–Crippen LogP) is 1.53. The third kappa shape index (κ3) is 1.09. The summed E-state index contributed by atoms with van der Waals surface area (Å²) in [6.07, 6.45) is 6.60. The quantitative estimate of drug-likeness (QED) is 0.370. The van der Waals surface area contributed by atoms with Crippen LogP contribution < -0.4 is 0 Å². The Morgan fingerprint density at radius 3 is 3.23 bits per heavy atom. The summed E-state index contributed by atoms with van der Waals surface area (Å²) in [5, 5.41) is 0. The lowest BCUT2D eigenvalue weighted by molar-refractivity contribution is 0.175. The Morgan fingerprint density at radius 2 is 2.54 bits per heavy atom.